The van der Waals surface area contributed by atoms with Crippen LogP contribution in [0.25, 0.3) is 0 Å². The van der Waals surface area contributed by atoms with Crippen molar-refractivity contribution in [3.05, 3.63) is 40.6 Å². The Labute approximate surface area is 135 Å². The minimum atomic E-state index is 0.0272. The largest absolute Gasteiger partial charge is 0.486 e. The van der Waals surface area contributed by atoms with Gasteiger partial charge in [0, 0.05) is 17.8 Å². The SMILES string of the molecule is CN(C)CCC(Oc1cccc2c1OCCO2)c1cccs1. The average molecular weight is 319 g/mol. The Morgan fingerprint density at radius 2 is 2.05 bits per heavy atom. The summed E-state index contributed by atoms with van der Waals surface area (Å²) in [5, 5.41) is 2.08. The second-order valence-corrected chi connectivity index (χ2v) is 6.47. The van der Waals surface area contributed by atoms with Crippen LogP contribution >= 0.6 is 11.3 Å². The molecule has 0 saturated heterocycles. The second-order valence-electron chi connectivity index (χ2n) is 5.49. The normalized spacial score (nSPS) is 14.9. The Morgan fingerprint density at radius 3 is 2.82 bits per heavy atom. The number of benzene rings is 1. The summed E-state index contributed by atoms with van der Waals surface area (Å²) in [6.45, 7) is 2.12. The molecule has 0 amide bonds. The number of hydrogen-bond donors (Lipinski definition) is 0. The minimum Gasteiger partial charge on any atom is -0.486 e. The van der Waals surface area contributed by atoms with Gasteiger partial charge in [-0.3, -0.25) is 0 Å². The van der Waals surface area contributed by atoms with E-state index in [1.54, 1.807) is 11.3 Å². The third-order valence-electron chi connectivity index (χ3n) is 3.50. The summed E-state index contributed by atoms with van der Waals surface area (Å²) in [6.07, 6.45) is 0.956. The number of fused-ring (bicyclic) bond motifs is 1. The maximum absolute atomic E-state index is 6.29. The number of ether oxygens (including phenoxy) is 3. The molecule has 1 aromatic heterocycles. The van der Waals surface area contributed by atoms with Crippen LogP contribution in [0.3, 0.4) is 0 Å². The topological polar surface area (TPSA) is 30.9 Å². The molecule has 0 fully saturated rings. The van der Waals surface area contributed by atoms with Crippen LogP contribution in [0.15, 0.2) is 35.7 Å². The number of rotatable bonds is 6. The van der Waals surface area contributed by atoms with Crippen molar-refractivity contribution in [3.8, 4) is 17.2 Å². The second kappa shape index (κ2) is 7.03. The van der Waals surface area contributed by atoms with Crippen LogP contribution in [-0.4, -0.2) is 38.8 Å². The van der Waals surface area contributed by atoms with Gasteiger partial charge in [-0.2, -0.15) is 0 Å². The fourth-order valence-corrected chi connectivity index (χ4v) is 3.19. The summed E-state index contributed by atoms with van der Waals surface area (Å²) >= 11 is 1.72. The van der Waals surface area contributed by atoms with E-state index in [9.17, 15) is 0 Å². The van der Waals surface area contributed by atoms with Crippen LogP contribution in [0.1, 0.15) is 17.4 Å². The van der Waals surface area contributed by atoms with Gasteiger partial charge in [-0.25, -0.2) is 0 Å². The summed E-state index contributed by atoms with van der Waals surface area (Å²) in [7, 11) is 4.15. The maximum Gasteiger partial charge on any atom is 0.203 e. The zero-order chi connectivity index (χ0) is 15.4. The molecule has 0 N–H and O–H groups in total. The first kappa shape index (κ1) is 15.2. The van der Waals surface area contributed by atoms with Gasteiger partial charge in [-0.05, 0) is 37.7 Å². The van der Waals surface area contributed by atoms with Crippen LogP contribution in [0.5, 0.6) is 17.2 Å². The fourth-order valence-electron chi connectivity index (χ4n) is 2.40. The highest BCUT2D eigenvalue weighted by atomic mass is 32.1. The van der Waals surface area contributed by atoms with Gasteiger partial charge in [0.2, 0.25) is 5.75 Å². The van der Waals surface area contributed by atoms with E-state index >= 15 is 0 Å². The third kappa shape index (κ3) is 3.54. The van der Waals surface area contributed by atoms with Gasteiger partial charge in [0.25, 0.3) is 0 Å². The highest BCUT2D eigenvalue weighted by Crippen LogP contribution is 2.41. The van der Waals surface area contributed by atoms with Crippen molar-refractivity contribution >= 4 is 11.3 Å². The molecule has 1 aliphatic heterocycles. The number of thiophene rings is 1. The van der Waals surface area contributed by atoms with Crippen molar-refractivity contribution in [1.29, 1.82) is 0 Å². The van der Waals surface area contributed by atoms with E-state index in [-0.39, 0.29) is 6.10 Å². The van der Waals surface area contributed by atoms with Crippen LogP contribution in [0.2, 0.25) is 0 Å². The van der Waals surface area contributed by atoms with Gasteiger partial charge in [0.1, 0.15) is 19.3 Å². The van der Waals surface area contributed by atoms with E-state index in [0.717, 1.165) is 30.2 Å². The molecule has 1 atom stereocenters. The van der Waals surface area contributed by atoms with Gasteiger partial charge >= 0.3 is 0 Å². The lowest BCUT2D eigenvalue weighted by atomic mass is 10.2. The molecule has 2 heterocycles. The average Bonchev–Trinajstić information content (AvgIpc) is 3.05. The molecular weight excluding hydrogens is 298 g/mol. The Morgan fingerprint density at radius 1 is 1.18 bits per heavy atom. The van der Waals surface area contributed by atoms with E-state index in [1.807, 2.05) is 18.2 Å². The third-order valence-corrected chi connectivity index (χ3v) is 4.46. The Balaban J connectivity index is 1.81. The molecule has 0 spiro atoms. The van der Waals surface area contributed by atoms with E-state index < -0.39 is 0 Å². The number of nitrogens with zero attached hydrogens (tertiary/aromatic N) is 1. The first-order chi connectivity index (χ1) is 10.7. The summed E-state index contributed by atoms with van der Waals surface area (Å²) in [5.74, 6) is 2.25. The van der Waals surface area contributed by atoms with Crippen molar-refractivity contribution in [1.82, 2.24) is 4.90 Å². The quantitative estimate of drug-likeness (QED) is 0.814. The molecule has 22 heavy (non-hydrogen) atoms. The van der Waals surface area contributed by atoms with Crippen LogP contribution in [0, 0.1) is 0 Å². The van der Waals surface area contributed by atoms with E-state index in [0.29, 0.717) is 13.2 Å². The molecule has 2 aromatic rings. The number of para-hydroxylation sites is 1. The van der Waals surface area contributed by atoms with E-state index in [1.165, 1.54) is 4.88 Å². The van der Waals surface area contributed by atoms with E-state index in [2.05, 4.69) is 36.5 Å². The molecular formula is C17H21NO3S. The predicted molar refractivity (Wildman–Crippen MR) is 88.3 cm³/mol. The zero-order valence-corrected chi connectivity index (χ0v) is 13.8. The van der Waals surface area contributed by atoms with Crippen LogP contribution in [-0.2, 0) is 0 Å². The molecule has 1 aliphatic rings. The molecule has 0 saturated carbocycles. The highest BCUT2D eigenvalue weighted by molar-refractivity contribution is 7.10. The van der Waals surface area contributed by atoms with Crippen molar-refractivity contribution in [2.24, 2.45) is 0 Å². The lowest BCUT2D eigenvalue weighted by Crippen LogP contribution is -2.19. The molecule has 118 valence electrons. The molecule has 3 rings (SSSR count). The standard InChI is InChI=1S/C17H21NO3S/c1-18(2)9-8-13(16-7-4-12-22-16)21-15-6-3-5-14-17(15)20-11-10-19-14/h3-7,12-13H,8-11H2,1-2H3. The first-order valence-electron chi connectivity index (χ1n) is 7.47. The van der Waals surface area contributed by atoms with Crippen molar-refractivity contribution < 1.29 is 14.2 Å². The molecule has 5 heteroatoms. The fraction of sp³-hybridized carbons (Fsp3) is 0.412. The molecule has 4 nitrogen and oxygen atoms in total. The Kier molecular flexibility index (Phi) is 4.85. The smallest absolute Gasteiger partial charge is 0.203 e. The first-order valence-corrected chi connectivity index (χ1v) is 8.35. The Bertz CT molecular complexity index is 598. The van der Waals surface area contributed by atoms with Gasteiger partial charge in [-0.15, -0.1) is 11.3 Å². The van der Waals surface area contributed by atoms with E-state index in [4.69, 9.17) is 14.2 Å². The predicted octanol–water partition coefficient (Wildman–Crippen LogP) is 3.59. The molecule has 1 aromatic carbocycles. The monoisotopic (exact) mass is 319 g/mol. The molecule has 0 bridgehead atoms. The molecule has 1 unspecified atom stereocenters. The van der Waals surface area contributed by atoms with Crippen LogP contribution in [0.4, 0.5) is 0 Å². The van der Waals surface area contributed by atoms with Crippen molar-refractivity contribution in [3.63, 3.8) is 0 Å². The minimum absolute atomic E-state index is 0.0272. The molecule has 0 radical (unpaired) electrons. The van der Waals surface area contributed by atoms with Gasteiger partial charge in [0.05, 0.1) is 0 Å². The summed E-state index contributed by atoms with van der Waals surface area (Å²) in [4.78, 5) is 3.40. The zero-order valence-electron chi connectivity index (χ0n) is 13.0. The van der Waals surface area contributed by atoms with Crippen molar-refractivity contribution in [2.75, 3.05) is 33.9 Å². The summed E-state index contributed by atoms with van der Waals surface area (Å²) < 4.78 is 17.7. The van der Waals surface area contributed by atoms with Gasteiger partial charge < -0.3 is 19.1 Å². The molecule has 0 aliphatic carbocycles. The maximum atomic E-state index is 6.29. The number of hydrogen-bond acceptors (Lipinski definition) is 5. The summed E-state index contributed by atoms with van der Waals surface area (Å²) in [5.41, 5.74) is 0. The highest BCUT2D eigenvalue weighted by Gasteiger charge is 2.21. The Hall–Kier alpha value is -1.72. The lowest BCUT2D eigenvalue weighted by Gasteiger charge is -2.24. The van der Waals surface area contributed by atoms with Crippen molar-refractivity contribution in [2.45, 2.75) is 12.5 Å². The van der Waals surface area contributed by atoms with Crippen LogP contribution < -0.4 is 14.2 Å². The summed E-state index contributed by atoms with van der Waals surface area (Å²) in [6, 6.07) is 10.00. The van der Waals surface area contributed by atoms with Gasteiger partial charge in [-0.1, -0.05) is 12.1 Å². The lowest BCUT2D eigenvalue weighted by molar-refractivity contribution is 0.142. The van der Waals surface area contributed by atoms with Gasteiger partial charge in [0.15, 0.2) is 11.5 Å².